The molecule has 0 aliphatic carbocycles. The summed E-state index contributed by atoms with van der Waals surface area (Å²) in [6.07, 6.45) is 3.02. The molecule has 2 aromatic carbocycles. The fourth-order valence-electron chi connectivity index (χ4n) is 4.05. The molecule has 13 nitrogen and oxygen atoms in total. The fraction of sp³-hybridized carbons (Fsp3) is 0.0800. The van der Waals surface area contributed by atoms with Gasteiger partial charge in [0.1, 0.15) is 17.5 Å². The van der Waals surface area contributed by atoms with Crippen molar-refractivity contribution in [2.24, 2.45) is 14.1 Å². The molecule has 17 heteroatoms. The minimum Gasteiger partial charge on any atom is -0.504 e. The van der Waals surface area contributed by atoms with Gasteiger partial charge >= 0.3 is 0 Å². The summed E-state index contributed by atoms with van der Waals surface area (Å²) in [5, 5.41) is 37.6. The van der Waals surface area contributed by atoms with Crippen LogP contribution in [0.5, 0.6) is 11.5 Å². The van der Waals surface area contributed by atoms with Crippen LogP contribution < -0.4 is 11.5 Å². The molecule has 0 saturated heterocycles. The maximum absolute atomic E-state index is 13.7. The Morgan fingerprint density at radius 2 is 1.26 bits per heavy atom. The Hall–Kier alpha value is -4.95. The van der Waals surface area contributed by atoms with Crippen molar-refractivity contribution in [1.29, 1.82) is 5.26 Å². The van der Waals surface area contributed by atoms with E-state index in [4.69, 9.17) is 16.7 Å². The normalized spacial score (nSPS) is 10.7. The molecule has 0 aliphatic heterocycles. The molecule has 4 aromatic heterocycles. The second kappa shape index (κ2) is 11.5. The number of aromatic hydroxyl groups is 2. The minimum absolute atomic E-state index is 0. The first-order valence-corrected chi connectivity index (χ1v) is 12.3. The monoisotopic (exact) mass is 701 g/mol. The third-order valence-corrected chi connectivity index (χ3v) is 6.55. The van der Waals surface area contributed by atoms with Crippen LogP contribution in [0.1, 0.15) is 5.56 Å². The summed E-state index contributed by atoms with van der Waals surface area (Å²) >= 11 is 3.10. The molecule has 4 heterocycles. The van der Waals surface area contributed by atoms with Crippen molar-refractivity contribution in [2.45, 2.75) is 0 Å². The standard InChI is InChI=1S/C13H9FN6O.C12H9BrFN5O.BrH/c1-20-12-8(5-17-13(16)18-12)10(19-20)6-2-7(4-15)11(21)9(14)3-6;1-19-11-6(4-16-12(15)17-11)9(18-19)5-2-7(13)10(20)8(14)3-5;/h2-3,5,21H,1H3,(H2,16,17,18);2-4,20H,1H3,(H2,15,16,17);1H. The minimum atomic E-state index is -0.890. The van der Waals surface area contributed by atoms with E-state index >= 15 is 0 Å². The number of fused-ring (bicyclic) bond motifs is 2. The molecule has 6 aromatic rings. The van der Waals surface area contributed by atoms with Crippen LogP contribution in [0.25, 0.3) is 44.6 Å². The van der Waals surface area contributed by atoms with Crippen LogP contribution in [0.3, 0.4) is 0 Å². The molecule has 0 fully saturated rings. The van der Waals surface area contributed by atoms with Crippen molar-refractivity contribution in [2.75, 3.05) is 11.5 Å². The summed E-state index contributed by atoms with van der Waals surface area (Å²) in [7, 11) is 3.38. The molecule has 0 spiro atoms. The molecule has 0 atom stereocenters. The average molecular weight is 703 g/mol. The Labute approximate surface area is 254 Å². The quantitative estimate of drug-likeness (QED) is 0.202. The molecule has 0 bridgehead atoms. The lowest BCUT2D eigenvalue weighted by molar-refractivity contribution is 0.429. The first-order valence-electron chi connectivity index (χ1n) is 11.5. The predicted octanol–water partition coefficient (Wildman–Crippen LogP) is 4.13. The van der Waals surface area contributed by atoms with E-state index in [1.165, 1.54) is 23.0 Å². The smallest absolute Gasteiger partial charge is 0.222 e. The van der Waals surface area contributed by atoms with E-state index in [1.807, 2.05) is 0 Å². The SMILES string of the molecule is Br.Cn1nc(-c2cc(F)c(O)c(Br)c2)c2cnc(N)nc21.Cn1nc(-c2cc(F)c(O)c(C#N)c2)c2cnc(N)nc21. The molecule has 42 heavy (non-hydrogen) atoms. The number of anilines is 2. The number of hydrogen-bond acceptors (Lipinski definition) is 11. The van der Waals surface area contributed by atoms with Gasteiger partial charge in [-0.3, -0.25) is 0 Å². The Morgan fingerprint density at radius 3 is 1.71 bits per heavy atom. The Kier molecular flexibility index (Phi) is 8.22. The number of hydrogen-bond donors (Lipinski definition) is 4. The van der Waals surface area contributed by atoms with Crippen LogP contribution >= 0.6 is 32.9 Å². The molecule has 0 amide bonds. The molecule has 0 radical (unpaired) electrons. The summed E-state index contributed by atoms with van der Waals surface area (Å²) in [5.74, 6) is -2.49. The van der Waals surface area contributed by atoms with Crippen molar-refractivity contribution in [3.8, 4) is 40.1 Å². The topological polar surface area (TPSA) is 203 Å². The molecule has 6 rings (SSSR count). The van der Waals surface area contributed by atoms with Gasteiger partial charge in [-0.2, -0.15) is 25.4 Å². The van der Waals surface area contributed by atoms with Crippen molar-refractivity contribution < 1.29 is 19.0 Å². The number of phenolic OH excluding ortho intramolecular Hbond substituents is 2. The third-order valence-electron chi connectivity index (χ3n) is 5.95. The van der Waals surface area contributed by atoms with E-state index in [2.05, 4.69) is 46.1 Å². The highest BCUT2D eigenvalue weighted by molar-refractivity contribution is 9.10. The van der Waals surface area contributed by atoms with Gasteiger partial charge in [0.2, 0.25) is 11.9 Å². The van der Waals surface area contributed by atoms with Gasteiger partial charge in [0.25, 0.3) is 0 Å². The number of nitrogens with two attached hydrogens (primary N) is 2. The van der Waals surface area contributed by atoms with Crippen LogP contribution in [-0.2, 0) is 14.1 Å². The van der Waals surface area contributed by atoms with E-state index < -0.39 is 23.1 Å². The van der Waals surface area contributed by atoms with Gasteiger partial charge in [-0.25, -0.2) is 28.1 Å². The van der Waals surface area contributed by atoms with Crippen molar-refractivity contribution >= 4 is 66.9 Å². The number of halogens is 4. The van der Waals surface area contributed by atoms with Crippen LogP contribution in [0.2, 0.25) is 0 Å². The molecule has 6 N–H and O–H groups in total. The summed E-state index contributed by atoms with van der Waals surface area (Å²) in [6, 6.07) is 6.98. The van der Waals surface area contributed by atoms with E-state index in [9.17, 15) is 19.0 Å². The van der Waals surface area contributed by atoms with Gasteiger partial charge in [-0.1, -0.05) is 0 Å². The van der Waals surface area contributed by atoms with Crippen LogP contribution in [0, 0.1) is 23.0 Å². The summed E-state index contributed by atoms with van der Waals surface area (Å²) in [4.78, 5) is 16.0. The number of nitrogens with zero attached hydrogens (tertiary/aromatic N) is 9. The summed E-state index contributed by atoms with van der Waals surface area (Å²) in [5.41, 5.74) is 13.7. The van der Waals surface area contributed by atoms with Gasteiger partial charge in [0.15, 0.2) is 34.4 Å². The Balaban J connectivity index is 0.000000189. The molecular weight excluding hydrogens is 684 g/mol. The number of aryl methyl sites for hydroxylation is 2. The van der Waals surface area contributed by atoms with Gasteiger partial charge in [-0.05, 0) is 40.2 Å². The zero-order valence-corrected chi connectivity index (χ0v) is 24.9. The van der Waals surface area contributed by atoms with Gasteiger partial charge in [0.05, 0.1) is 20.8 Å². The van der Waals surface area contributed by atoms with Crippen LogP contribution in [0.15, 0.2) is 41.1 Å². The first-order chi connectivity index (χ1) is 19.5. The van der Waals surface area contributed by atoms with Crippen LogP contribution in [0.4, 0.5) is 20.7 Å². The highest BCUT2D eigenvalue weighted by Gasteiger charge is 2.18. The lowest BCUT2D eigenvalue weighted by Gasteiger charge is -2.03. The molecular formula is C25H19Br2F2N11O2. The van der Waals surface area contributed by atoms with Gasteiger partial charge < -0.3 is 21.7 Å². The fourth-order valence-corrected chi connectivity index (χ4v) is 4.49. The van der Waals surface area contributed by atoms with Gasteiger partial charge in [-0.15, -0.1) is 17.0 Å². The molecule has 0 unspecified atom stereocenters. The number of benzene rings is 2. The predicted molar refractivity (Wildman–Crippen MR) is 158 cm³/mol. The highest BCUT2D eigenvalue weighted by atomic mass is 79.9. The highest BCUT2D eigenvalue weighted by Crippen LogP contribution is 2.35. The largest absolute Gasteiger partial charge is 0.504 e. The van der Waals surface area contributed by atoms with Crippen molar-refractivity contribution in [1.82, 2.24) is 39.5 Å². The zero-order chi connectivity index (χ0) is 29.6. The van der Waals surface area contributed by atoms with E-state index in [1.54, 1.807) is 37.1 Å². The lowest BCUT2D eigenvalue weighted by atomic mass is 10.1. The maximum atomic E-state index is 13.7. The number of nitriles is 1. The summed E-state index contributed by atoms with van der Waals surface area (Å²) in [6.45, 7) is 0. The van der Waals surface area contributed by atoms with E-state index in [0.29, 0.717) is 44.6 Å². The molecule has 214 valence electrons. The average Bonchev–Trinajstić information content (AvgIpc) is 3.44. The number of phenols is 2. The summed E-state index contributed by atoms with van der Waals surface area (Å²) < 4.78 is 30.6. The Bertz CT molecular complexity index is 2020. The molecule has 0 saturated carbocycles. The van der Waals surface area contributed by atoms with E-state index in [0.717, 1.165) is 6.07 Å². The van der Waals surface area contributed by atoms with E-state index in [-0.39, 0.29) is 38.9 Å². The number of rotatable bonds is 2. The first kappa shape index (κ1) is 30.0. The van der Waals surface area contributed by atoms with Gasteiger partial charge in [0, 0.05) is 37.6 Å². The molecule has 0 aliphatic rings. The maximum Gasteiger partial charge on any atom is 0.222 e. The third kappa shape index (κ3) is 5.36. The number of aromatic nitrogens is 8. The van der Waals surface area contributed by atoms with Crippen molar-refractivity contribution in [3.05, 3.63) is 58.3 Å². The lowest BCUT2D eigenvalue weighted by Crippen LogP contribution is -1.97. The number of nitrogen functional groups attached to an aromatic ring is 2. The van der Waals surface area contributed by atoms with Crippen LogP contribution in [-0.4, -0.2) is 49.7 Å². The zero-order valence-electron chi connectivity index (χ0n) is 21.6. The second-order valence-electron chi connectivity index (χ2n) is 8.63. The van der Waals surface area contributed by atoms with Crippen molar-refractivity contribution in [3.63, 3.8) is 0 Å². The second-order valence-corrected chi connectivity index (χ2v) is 9.48. The Morgan fingerprint density at radius 1 is 0.810 bits per heavy atom.